The summed E-state index contributed by atoms with van der Waals surface area (Å²) in [5.41, 5.74) is -2.95. The van der Waals surface area contributed by atoms with Crippen LogP contribution in [0.2, 0.25) is 0 Å². The van der Waals surface area contributed by atoms with Crippen molar-refractivity contribution in [2.24, 2.45) is 17.8 Å². The molecule has 0 aliphatic carbocycles. The molecule has 0 radical (unpaired) electrons. The highest BCUT2D eigenvalue weighted by Gasteiger charge is 2.57. The Balaban J connectivity index is 1.41. The Morgan fingerprint density at radius 3 is 1.89 bits per heavy atom. The van der Waals surface area contributed by atoms with Crippen LogP contribution in [0.25, 0.3) is 0 Å². The maximum Gasteiger partial charge on any atom is 0.311 e. The Kier molecular flexibility index (Phi) is 17.8. The van der Waals surface area contributed by atoms with Crippen LogP contribution in [0.3, 0.4) is 0 Å². The summed E-state index contributed by atoms with van der Waals surface area (Å²) in [6, 6.07) is 16.9. The Morgan fingerprint density at radius 1 is 0.800 bits per heavy atom. The molecule has 3 saturated heterocycles. The van der Waals surface area contributed by atoms with Gasteiger partial charge in [-0.3, -0.25) is 13.2 Å². The van der Waals surface area contributed by atoms with Crippen LogP contribution in [0, 0.1) is 17.8 Å². The third kappa shape index (κ3) is 12.6. The second kappa shape index (κ2) is 22.2. The number of benzene rings is 2. The fourth-order valence-electron chi connectivity index (χ4n) is 11.0. The highest BCUT2D eigenvalue weighted by atomic mass is 32.2. The van der Waals surface area contributed by atoms with E-state index in [1.807, 2.05) is 46.7 Å². The van der Waals surface area contributed by atoms with E-state index in [0.29, 0.717) is 23.3 Å². The van der Waals surface area contributed by atoms with E-state index in [9.17, 15) is 31.8 Å². The van der Waals surface area contributed by atoms with E-state index in [-0.39, 0.29) is 37.2 Å². The summed E-state index contributed by atoms with van der Waals surface area (Å²) in [7, 11) is -3.34. The normalized spacial score (nSPS) is 39.1. The van der Waals surface area contributed by atoms with Crippen LogP contribution in [0.15, 0.2) is 72.0 Å². The van der Waals surface area contributed by atoms with E-state index in [2.05, 4.69) is 0 Å². The number of likely N-dealkylation sites (N-methyl/N-ethyl adjacent to an activating group) is 1. The lowest BCUT2D eigenvalue weighted by molar-refractivity contribution is -0.315. The molecule has 3 fully saturated rings. The Bertz CT molecular complexity index is 2330. The average molecular weight is 1020 g/mol. The fraction of sp³-hybridized carbons (Fsp3) is 0.706. The van der Waals surface area contributed by atoms with Gasteiger partial charge in [-0.25, -0.2) is 0 Å². The second-order valence-corrected chi connectivity index (χ2v) is 24.1. The molecular weight excluding hydrogens is 947 g/mol. The molecule has 70 heavy (non-hydrogen) atoms. The minimum atomic E-state index is -4.39. The third-order valence-electron chi connectivity index (χ3n) is 14.7. The molecule has 0 amide bonds. The molecule has 0 unspecified atom stereocenters. The zero-order valence-electron chi connectivity index (χ0n) is 43.0. The maximum atomic E-state index is 14.8. The van der Waals surface area contributed by atoms with E-state index in [1.54, 1.807) is 95.3 Å². The van der Waals surface area contributed by atoms with Gasteiger partial charge in [0.25, 0.3) is 20.2 Å². The highest BCUT2D eigenvalue weighted by molar-refractivity contribution is 7.86. The lowest BCUT2D eigenvalue weighted by Gasteiger charge is -2.49. The molecule has 0 saturated carbocycles. The molecule has 0 aromatic heterocycles. The zero-order valence-corrected chi connectivity index (χ0v) is 44.6. The zero-order chi connectivity index (χ0) is 51.7. The molecule has 0 spiro atoms. The number of rotatable bonds is 15. The summed E-state index contributed by atoms with van der Waals surface area (Å²) in [5, 5.41) is 24.5. The fourth-order valence-corrected chi connectivity index (χ4v) is 13.7. The van der Waals surface area contributed by atoms with E-state index in [0.717, 1.165) is 5.57 Å². The van der Waals surface area contributed by atoms with Crippen molar-refractivity contribution < 1.29 is 73.4 Å². The van der Waals surface area contributed by atoms with Gasteiger partial charge >= 0.3 is 5.97 Å². The van der Waals surface area contributed by atoms with Gasteiger partial charge in [0.2, 0.25) is 0 Å². The van der Waals surface area contributed by atoms with Crippen molar-refractivity contribution in [3.63, 3.8) is 0 Å². The van der Waals surface area contributed by atoms with Crippen molar-refractivity contribution in [3.05, 3.63) is 83.1 Å². The first kappa shape index (κ1) is 56.2. The number of hydrogen-bond acceptors (Lipinski definition) is 17. The largest absolute Gasteiger partial charge is 0.489 e. The van der Waals surface area contributed by atoms with Crippen LogP contribution in [0.4, 0.5) is 0 Å². The van der Waals surface area contributed by atoms with Gasteiger partial charge < -0.3 is 48.3 Å². The van der Waals surface area contributed by atoms with E-state index >= 15 is 0 Å². The molecule has 6 rings (SSSR count). The lowest BCUT2D eigenvalue weighted by Crippen LogP contribution is -2.60. The summed E-state index contributed by atoms with van der Waals surface area (Å²) in [6.07, 6.45) is -9.92. The molecule has 17 atom stereocenters. The van der Waals surface area contributed by atoms with E-state index in [1.165, 1.54) is 14.0 Å². The van der Waals surface area contributed by atoms with Gasteiger partial charge in [-0.15, -0.1) is 0 Å². The van der Waals surface area contributed by atoms with Crippen LogP contribution < -0.4 is 0 Å². The van der Waals surface area contributed by atoms with Crippen molar-refractivity contribution in [3.8, 4) is 0 Å². The van der Waals surface area contributed by atoms with Gasteiger partial charge in [-0.05, 0) is 92.1 Å². The van der Waals surface area contributed by atoms with Crippen LogP contribution in [0.5, 0.6) is 0 Å². The Morgan fingerprint density at radius 2 is 1.36 bits per heavy atom. The van der Waals surface area contributed by atoms with Crippen molar-refractivity contribution in [1.29, 1.82) is 0 Å². The highest BCUT2D eigenvalue weighted by Crippen LogP contribution is 2.48. The molecule has 2 N–H and O–H groups in total. The van der Waals surface area contributed by atoms with Gasteiger partial charge in [0.05, 0.1) is 29.8 Å². The summed E-state index contributed by atoms with van der Waals surface area (Å²) < 4.78 is 113. The molecule has 2 bridgehead atoms. The number of methoxy groups -OCH3 is 1. The first-order valence-electron chi connectivity index (χ1n) is 24.4. The molecule has 19 heteroatoms. The SMILES string of the molecule is CC[C@H]1OC(=O)[C@H](C)[C@@H](O[C@H]2C[C@@](C)(OC)[C@@H](OS(=O)(=O)Cc3ccccc3)[C@H](C)O2)[C@H](C)[C@@H](O[C@@H]2O[C@H](C)C[C@H](N(C)C)[C@H]2O)[C@@]2(C)CC(C)=C(O2)[C@H](C)[C@@H](OS(=O)(=O)Cc2ccccc2)[C@]1(C)O. The predicted octanol–water partition coefficient (Wildman–Crippen LogP) is 6.00. The van der Waals surface area contributed by atoms with Gasteiger partial charge in [-0.1, -0.05) is 81.4 Å². The predicted molar refractivity (Wildman–Crippen MR) is 260 cm³/mol. The van der Waals surface area contributed by atoms with Gasteiger partial charge in [-0.2, -0.15) is 16.8 Å². The lowest BCUT2D eigenvalue weighted by atomic mass is 9.78. The van der Waals surface area contributed by atoms with Crippen LogP contribution in [-0.2, 0) is 78.1 Å². The molecule has 2 aromatic carbocycles. The first-order valence-corrected chi connectivity index (χ1v) is 27.5. The maximum absolute atomic E-state index is 14.8. The number of esters is 1. The Hall–Kier alpha value is -3.05. The molecule has 4 aliphatic heterocycles. The summed E-state index contributed by atoms with van der Waals surface area (Å²) in [6.45, 7) is 17.3. The molecule has 4 heterocycles. The van der Waals surface area contributed by atoms with Crippen molar-refractivity contribution in [1.82, 2.24) is 4.90 Å². The van der Waals surface area contributed by atoms with Crippen LogP contribution in [0.1, 0.15) is 106 Å². The molecule has 4 aliphatic rings. The van der Waals surface area contributed by atoms with E-state index in [4.69, 9.17) is 41.5 Å². The van der Waals surface area contributed by atoms with Gasteiger partial charge in [0.15, 0.2) is 12.6 Å². The molecule has 394 valence electrons. The number of carbonyl (C=O) groups excluding carboxylic acids is 1. The average Bonchev–Trinajstić information content (AvgIpc) is 3.60. The Labute approximate surface area is 415 Å². The number of aliphatic hydroxyl groups excluding tert-OH is 1. The smallest absolute Gasteiger partial charge is 0.311 e. The standard InChI is InChI=1S/C51H77NO16S2/c1-14-39-51(10,55)45(67-69(56,57)28-36-21-17-15-18-22-36)32(4)42-30(2)26-50(9,66-42)44(65-48-41(53)38(52(11)12)25-31(3)61-48)33(5)43(34(6)47(54)63-39)64-40-27-49(8,60-13)46(35(7)62-40)68-70(58,59)29-37-23-19-16-20-24-37/h15-24,31-35,38-41,43-46,48,53,55H,14,25-29H2,1-13H3/t31-,32+,33+,34-,35+,38+,39-,40+,41-,43+,44-,45-,46+,48+,49-,50-,51-/m1/s1. The van der Waals surface area contributed by atoms with E-state index < -0.39 is 122 Å². The number of cyclic esters (lactones) is 1. The summed E-state index contributed by atoms with van der Waals surface area (Å²) in [4.78, 5) is 16.7. The number of ether oxygens (including phenoxy) is 7. The summed E-state index contributed by atoms with van der Waals surface area (Å²) in [5.74, 6) is -4.15. The van der Waals surface area contributed by atoms with Crippen LogP contribution in [-0.4, -0.2) is 143 Å². The van der Waals surface area contributed by atoms with Crippen LogP contribution >= 0.6 is 0 Å². The molecule has 17 nitrogen and oxygen atoms in total. The second-order valence-electron chi connectivity index (χ2n) is 20.9. The van der Waals surface area contributed by atoms with Crippen molar-refractivity contribution >= 4 is 26.2 Å². The number of nitrogens with zero attached hydrogens (tertiary/aromatic N) is 1. The molecular formula is C51H77NO16S2. The molecule has 2 aromatic rings. The minimum Gasteiger partial charge on any atom is -0.489 e. The number of fused-ring (bicyclic) bond motifs is 2. The van der Waals surface area contributed by atoms with Crippen molar-refractivity contribution in [2.45, 2.75) is 191 Å². The van der Waals surface area contributed by atoms with Gasteiger partial charge in [0, 0.05) is 37.8 Å². The quantitative estimate of drug-likeness (QED) is 0.155. The first-order chi connectivity index (χ1) is 32.6. The third-order valence-corrected chi connectivity index (χ3v) is 17.1. The topological polar surface area (TPSA) is 212 Å². The monoisotopic (exact) mass is 1020 g/mol. The number of hydrogen-bond donors (Lipinski definition) is 2. The number of aliphatic hydroxyl groups is 2. The van der Waals surface area contributed by atoms with Crippen molar-refractivity contribution in [2.75, 3.05) is 21.2 Å². The van der Waals surface area contributed by atoms with Gasteiger partial charge in [0.1, 0.15) is 59.0 Å². The number of carbonyl (C=O) groups is 1. The minimum absolute atomic E-state index is 0.0405. The summed E-state index contributed by atoms with van der Waals surface area (Å²) >= 11 is 0.